The zero-order chi connectivity index (χ0) is 10.1. The van der Waals surface area contributed by atoms with Gasteiger partial charge in [-0.1, -0.05) is 6.92 Å². The zero-order valence-electron chi connectivity index (χ0n) is 8.54. The predicted octanol–water partition coefficient (Wildman–Crippen LogP) is 2.44. The van der Waals surface area contributed by atoms with Crippen LogP contribution >= 0.6 is 11.3 Å². The smallest absolute Gasteiger partial charge is 0.261 e. The Bertz CT molecular complexity index is 345. The molecule has 1 N–H and O–H groups in total. The van der Waals surface area contributed by atoms with Crippen LogP contribution in [-0.4, -0.2) is 12.5 Å². The fourth-order valence-corrected chi connectivity index (χ4v) is 2.36. The van der Waals surface area contributed by atoms with Crippen LogP contribution in [0.2, 0.25) is 0 Å². The molecule has 0 spiro atoms. The molecule has 14 heavy (non-hydrogen) atoms. The topological polar surface area (TPSA) is 29.1 Å². The Labute approximate surface area is 88.3 Å². The van der Waals surface area contributed by atoms with Crippen molar-refractivity contribution in [1.82, 2.24) is 5.32 Å². The number of carbonyl (C=O) groups excluding carboxylic acids is 1. The van der Waals surface area contributed by atoms with Gasteiger partial charge in [0.2, 0.25) is 0 Å². The van der Waals surface area contributed by atoms with Crippen molar-refractivity contribution < 1.29 is 4.79 Å². The number of rotatable bonds is 3. The fraction of sp³-hybridized carbons (Fsp3) is 0.545. The number of hydrogen-bond donors (Lipinski definition) is 1. The lowest BCUT2D eigenvalue weighted by atomic mass is 10.3. The molecule has 2 atom stereocenters. The summed E-state index contributed by atoms with van der Waals surface area (Å²) in [6.07, 6.45) is 1.27. The van der Waals surface area contributed by atoms with E-state index in [1.165, 1.54) is 23.3 Å². The SMILES string of the molecule is Cc1csc(C(=O)NCC2CC2C)c1. The molecule has 2 rings (SSSR count). The summed E-state index contributed by atoms with van der Waals surface area (Å²) in [5.74, 6) is 1.61. The third kappa shape index (κ3) is 2.15. The fourth-order valence-electron chi connectivity index (χ4n) is 1.54. The molecule has 0 aromatic carbocycles. The molecule has 0 aliphatic heterocycles. The van der Waals surface area contributed by atoms with E-state index in [4.69, 9.17) is 0 Å². The molecule has 1 aromatic rings. The first-order valence-electron chi connectivity index (χ1n) is 5.00. The molecule has 2 unspecified atom stereocenters. The van der Waals surface area contributed by atoms with Crippen molar-refractivity contribution in [2.24, 2.45) is 11.8 Å². The highest BCUT2D eigenvalue weighted by Crippen LogP contribution is 2.36. The molecule has 76 valence electrons. The number of amides is 1. The molecule has 1 amide bonds. The van der Waals surface area contributed by atoms with Crippen LogP contribution in [0.25, 0.3) is 0 Å². The summed E-state index contributed by atoms with van der Waals surface area (Å²) in [6, 6.07) is 1.94. The second kappa shape index (κ2) is 3.73. The average molecular weight is 209 g/mol. The summed E-state index contributed by atoms with van der Waals surface area (Å²) < 4.78 is 0. The molecule has 0 saturated heterocycles. The van der Waals surface area contributed by atoms with Crippen LogP contribution in [-0.2, 0) is 0 Å². The Balaban J connectivity index is 1.83. The van der Waals surface area contributed by atoms with E-state index >= 15 is 0 Å². The Kier molecular flexibility index (Phi) is 2.59. The first kappa shape index (κ1) is 9.71. The maximum absolute atomic E-state index is 11.6. The van der Waals surface area contributed by atoms with Crippen molar-refractivity contribution in [3.05, 3.63) is 21.9 Å². The van der Waals surface area contributed by atoms with E-state index in [2.05, 4.69) is 12.2 Å². The molecule has 1 aromatic heterocycles. The van der Waals surface area contributed by atoms with Gasteiger partial charge in [0, 0.05) is 6.54 Å². The molecular weight excluding hydrogens is 194 g/mol. The second-order valence-corrected chi connectivity index (χ2v) is 5.08. The predicted molar refractivity (Wildman–Crippen MR) is 58.7 cm³/mol. The number of thiophene rings is 1. The molecule has 2 nitrogen and oxygen atoms in total. The third-order valence-electron chi connectivity index (χ3n) is 2.76. The lowest BCUT2D eigenvalue weighted by Crippen LogP contribution is -2.25. The van der Waals surface area contributed by atoms with Crippen LogP contribution in [0.1, 0.15) is 28.6 Å². The number of nitrogens with one attached hydrogen (secondary N) is 1. The van der Waals surface area contributed by atoms with Crippen LogP contribution in [0, 0.1) is 18.8 Å². The Morgan fingerprint density at radius 1 is 1.71 bits per heavy atom. The van der Waals surface area contributed by atoms with E-state index in [1.54, 1.807) is 0 Å². The monoisotopic (exact) mass is 209 g/mol. The Hall–Kier alpha value is -0.830. The highest BCUT2D eigenvalue weighted by atomic mass is 32.1. The lowest BCUT2D eigenvalue weighted by Gasteiger charge is -2.01. The van der Waals surface area contributed by atoms with Crippen LogP contribution in [0.3, 0.4) is 0 Å². The van der Waals surface area contributed by atoms with Gasteiger partial charge in [0.15, 0.2) is 0 Å². The van der Waals surface area contributed by atoms with Gasteiger partial charge >= 0.3 is 0 Å². The van der Waals surface area contributed by atoms with Gasteiger partial charge in [0.05, 0.1) is 4.88 Å². The summed E-state index contributed by atoms with van der Waals surface area (Å²) in [6.45, 7) is 5.08. The molecule has 1 aliphatic carbocycles. The van der Waals surface area contributed by atoms with Crippen molar-refractivity contribution in [1.29, 1.82) is 0 Å². The quantitative estimate of drug-likeness (QED) is 0.814. The molecule has 0 radical (unpaired) electrons. The van der Waals surface area contributed by atoms with Crippen LogP contribution in [0.5, 0.6) is 0 Å². The molecule has 3 heteroatoms. The van der Waals surface area contributed by atoms with E-state index < -0.39 is 0 Å². The molecule has 1 aliphatic rings. The highest BCUT2D eigenvalue weighted by Gasteiger charge is 2.32. The van der Waals surface area contributed by atoms with Crippen molar-refractivity contribution in [3.63, 3.8) is 0 Å². The summed E-state index contributed by atoms with van der Waals surface area (Å²) in [5, 5.41) is 4.98. The number of hydrogen-bond acceptors (Lipinski definition) is 2. The van der Waals surface area contributed by atoms with Gasteiger partial charge in [-0.2, -0.15) is 0 Å². The van der Waals surface area contributed by atoms with Crippen molar-refractivity contribution in [3.8, 4) is 0 Å². The standard InChI is InChI=1S/C11H15NOS/c1-7-3-10(14-6-7)11(13)12-5-9-4-8(9)2/h3,6,8-9H,4-5H2,1-2H3,(H,12,13). The maximum atomic E-state index is 11.6. The summed E-state index contributed by atoms with van der Waals surface area (Å²) in [4.78, 5) is 12.4. The van der Waals surface area contributed by atoms with E-state index in [9.17, 15) is 4.79 Å². The zero-order valence-corrected chi connectivity index (χ0v) is 9.36. The largest absolute Gasteiger partial charge is 0.351 e. The van der Waals surface area contributed by atoms with Crippen molar-refractivity contribution in [2.45, 2.75) is 20.3 Å². The van der Waals surface area contributed by atoms with Crippen molar-refractivity contribution >= 4 is 17.2 Å². The minimum atomic E-state index is 0.0854. The first-order valence-corrected chi connectivity index (χ1v) is 5.88. The molecule has 1 heterocycles. The first-order chi connectivity index (χ1) is 6.66. The Morgan fingerprint density at radius 3 is 2.93 bits per heavy atom. The number of carbonyl (C=O) groups is 1. The lowest BCUT2D eigenvalue weighted by molar-refractivity contribution is 0.0955. The van der Waals surface area contributed by atoms with Crippen LogP contribution in [0.4, 0.5) is 0 Å². The van der Waals surface area contributed by atoms with Gasteiger partial charge in [-0.3, -0.25) is 4.79 Å². The minimum Gasteiger partial charge on any atom is -0.351 e. The molecular formula is C11H15NOS. The highest BCUT2D eigenvalue weighted by molar-refractivity contribution is 7.12. The minimum absolute atomic E-state index is 0.0854. The third-order valence-corrected chi connectivity index (χ3v) is 3.80. The van der Waals surface area contributed by atoms with E-state index in [0.717, 1.165) is 23.3 Å². The van der Waals surface area contributed by atoms with Gasteiger partial charge in [0.1, 0.15) is 0 Å². The molecule has 1 saturated carbocycles. The number of aryl methyl sites for hydroxylation is 1. The van der Waals surface area contributed by atoms with Gasteiger partial charge in [-0.25, -0.2) is 0 Å². The second-order valence-electron chi connectivity index (χ2n) is 4.17. The molecule has 1 fully saturated rings. The van der Waals surface area contributed by atoms with Gasteiger partial charge in [-0.15, -0.1) is 11.3 Å². The summed E-state index contributed by atoms with van der Waals surface area (Å²) in [5.41, 5.74) is 1.17. The maximum Gasteiger partial charge on any atom is 0.261 e. The normalized spacial score (nSPS) is 24.7. The Morgan fingerprint density at radius 2 is 2.43 bits per heavy atom. The van der Waals surface area contributed by atoms with E-state index in [1.807, 2.05) is 18.4 Å². The van der Waals surface area contributed by atoms with Gasteiger partial charge in [0.25, 0.3) is 5.91 Å². The van der Waals surface area contributed by atoms with E-state index in [0.29, 0.717) is 0 Å². The van der Waals surface area contributed by atoms with Crippen LogP contribution < -0.4 is 5.32 Å². The summed E-state index contributed by atoms with van der Waals surface area (Å²) >= 11 is 1.52. The van der Waals surface area contributed by atoms with Crippen LogP contribution in [0.15, 0.2) is 11.4 Å². The van der Waals surface area contributed by atoms with Crippen molar-refractivity contribution in [2.75, 3.05) is 6.54 Å². The van der Waals surface area contributed by atoms with Gasteiger partial charge in [-0.05, 0) is 42.2 Å². The van der Waals surface area contributed by atoms with E-state index in [-0.39, 0.29) is 5.91 Å². The average Bonchev–Trinajstić information content (AvgIpc) is 2.66. The molecule has 0 bridgehead atoms. The van der Waals surface area contributed by atoms with Gasteiger partial charge < -0.3 is 5.32 Å². The summed E-state index contributed by atoms with van der Waals surface area (Å²) in [7, 11) is 0.